The number of ether oxygens (including phenoxy) is 1. The van der Waals surface area contributed by atoms with Gasteiger partial charge in [0.2, 0.25) is 17.6 Å². The standard InChI is InChI=1S/C14H15N5O4/c1-8-6-12(18-14(15-3)13(8)19(21)22)23-10-4-5-16-11(7-10)17-9(2)20/h4-7H,1-3H3,(H,15,18)(H,16,17,20). The summed E-state index contributed by atoms with van der Waals surface area (Å²) < 4.78 is 5.59. The van der Waals surface area contributed by atoms with Gasteiger partial charge in [-0.2, -0.15) is 4.98 Å². The smallest absolute Gasteiger partial charge is 0.314 e. The van der Waals surface area contributed by atoms with Crippen molar-refractivity contribution in [3.05, 3.63) is 40.1 Å². The molecule has 0 spiro atoms. The third-order valence-corrected chi connectivity index (χ3v) is 2.84. The van der Waals surface area contributed by atoms with Crippen molar-refractivity contribution in [3.63, 3.8) is 0 Å². The van der Waals surface area contributed by atoms with Crippen LogP contribution in [0.4, 0.5) is 17.3 Å². The minimum absolute atomic E-state index is 0.103. The number of aryl methyl sites for hydroxylation is 1. The number of nitrogens with zero attached hydrogens (tertiary/aromatic N) is 3. The van der Waals surface area contributed by atoms with Crippen molar-refractivity contribution in [2.75, 3.05) is 17.7 Å². The number of hydrogen-bond acceptors (Lipinski definition) is 7. The second kappa shape index (κ2) is 6.69. The van der Waals surface area contributed by atoms with Crippen LogP contribution >= 0.6 is 0 Å². The van der Waals surface area contributed by atoms with E-state index in [1.165, 1.54) is 25.3 Å². The lowest BCUT2D eigenvalue weighted by molar-refractivity contribution is -0.384. The normalized spacial score (nSPS) is 10.0. The topological polar surface area (TPSA) is 119 Å². The summed E-state index contributed by atoms with van der Waals surface area (Å²) in [6.45, 7) is 2.97. The molecule has 0 unspecified atom stereocenters. The van der Waals surface area contributed by atoms with Gasteiger partial charge in [-0.05, 0) is 13.0 Å². The highest BCUT2D eigenvalue weighted by atomic mass is 16.6. The number of aromatic nitrogens is 2. The summed E-state index contributed by atoms with van der Waals surface area (Å²) in [5.74, 6) is 0.781. The fourth-order valence-electron chi connectivity index (χ4n) is 1.94. The molecule has 9 nitrogen and oxygen atoms in total. The van der Waals surface area contributed by atoms with Gasteiger partial charge in [-0.1, -0.05) is 0 Å². The first kappa shape index (κ1) is 16.1. The van der Waals surface area contributed by atoms with Gasteiger partial charge in [0.05, 0.1) is 4.92 Å². The number of rotatable bonds is 5. The van der Waals surface area contributed by atoms with Gasteiger partial charge in [-0.3, -0.25) is 14.9 Å². The molecule has 0 aliphatic heterocycles. The third kappa shape index (κ3) is 3.90. The monoisotopic (exact) mass is 317 g/mol. The van der Waals surface area contributed by atoms with E-state index in [9.17, 15) is 14.9 Å². The lowest BCUT2D eigenvalue weighted by Crippen LogP contribution is -2.07. The van der Waals surface area contributed by atoms with Crippen LogP contribution in [0.1, 0.15) is 12.5 Å². The van der Waals surface area contributed by atoms with Crippen molar-refractivity contribution in [3.8, 4) is 11.6 Å². The quantitative estimate of drug-likeness (QED) is 0.642. The molecule has 2 N–H and O–H groups in total. The molecule has 0 saturated heterocycles. The summed E-state index contributed by atoms with van der Waals surface area (Å²) >= 11 is 0. The fourth-order valence-corrected chi connectivity index (χ4v) is 1.94. The second-order valence-electron chi connectivity index (χ2n) is 4.64. The van der Waals surface area contributed by atoms with Crippen LogP contribution in [-0.2, 0) is 4.79 Å². The summed E-state index contributed by atoms with van der Waals surface area (Å²) in [5, 5.41) is 16.3. The highest BCUT2D eigenvalue weighted by Crippen LogP contribution is 2.31. The summed E-state index contributed by atoms with van der Waals surface area (Å²) in [4.78, 5) is 29.6. The minimum Gasteiger partial charge on any atom is -0.439 e. The highest BCUT2D eigenvalue weighted by molar-refractivity contribution is 5.87. The molecule has 1 amide bonds. The summed E-state index contributed by atoms with van der Waals surface area (Å²) in [5.41, 5.74) is 0.314. The number of anilines is 2. The van der Waals surface area contributed by atoms with Crippen LogP contribution in [0.2, 0.25) is 0 Å². The first-order valence-electron chi connectivity index (χ1n) is 6.66. The molecule has 9 heteroatoms. The van der Waals surface area contributed by atoms with Crippen molar-refractivity contribution in [1.29, 1.82) is 0 Å². The Balaban J connectivity index is 2.32. The molecule has 2 heterocycles. The molecule has 0 radical (unpaired) electrons. The molecule has 2 rings (SSSR count). The maximum absolute atomic E-state index is 11.1. The van der Waals surface area contributed by atoms with Gasteiger partial charge in [-0.25, -0.2) is 4.98 Å². The molecule has 0 atom stereocenters. The Morgan fingerprint density at radius 3 is 2.74 bits per heavy atom. The van der Waals surface area contributed by atoms with E-state index in [0.717, 1.165) is 0 Å². The molecule has 2 aromatic rings. The predicted molar refractivity (Wildman–Crippen MR) is 83.8 cm³/mol. The van der Waals surface area contributed by atoms with Crippen LogP contribution in [0.15, 0.2) is 24.4 Å². The molecule has 0 fully saturated rings. The molecule has 2 aromatic heterocycles. The van der Waals surface area contributed by atoms with E-state index >= 15 is 0 Å². The maximum atomic E-state index is 11.1. The number of hydrogen-bond donors (Lipinski definition) is 2. The number of carbonyl (C=O) groups excluding carboxylic acids is 1. The second-order valence-corrected chi connectivity index (χ2v) is 4.64. The van der Waals surface area contributed by atoms with Crippen molar-refractivity contribution < 1.29 is 14.5 Å². The predicted octanol–water partition coefficient (Wildman–Crippen LogP) is 2.49. The van der Waals surface area contributed by atoms with E-state index in [4.69, 9.17) is 4.74 Å². The van der Waals surface area contributed by atoms with E-state index in [2.05, 4.69) is 20.6 Å². The Morgan fingerprint density at radius 2 is 2.13 bits per heavy atom. The van der Waals surface area contributed by atoms with Crippen LogP contribution in [-0.4, -0.2) is 27.8 Å². The average molecular weight is 317 g/mol. The largest absolute Gasteiger partial charge is 0.439 e. The van der Waals surface area contributed by atoms with Gasteiger partial charge in [-0.15, -0.1) is 0 Å². The average Bonchev–Trinajstić information content (AvgIpc) is 2.45. The Bertz CT molecular complexity index is 763. The van der Waals surface area contributed by atoms with Gasteiger partial charge in [0.15, 0.2) is 0 Å². The van der Waals surface area contributed by atoms with Crippen molar-refractivity contribution in [2.24, 2.45) is 0 Å². The molecule has 0 aromatic carbocycles. The molecule has 120 valence electrons. The Kier molecular flexibility index (Phi) is 4.69. The lowest BCUT2D eigenvalue weighted by atomic mass is 10.2. The molecular formula is C14H15N5O4. The van der Waals surface area contributed by atoms with Gasteiger partial charge in [0, 0.05) is 37.9 Å². The van der Waals surface area contributed by atoms with Gasteiger partial charge in [0.1, 0.15) is 11.6 Å². The summed E-state index contributed by atoms with van der Waals surface area (Å²) in [6.07, 6.45) is 1.47. The molecule has 0 aliphatic carbocycles. The number of pyridine rings is 2. The van der Waals surface area contributed by atoms with Crippen LogP contribution < -0.4 is 15.4 Å². The zero-order valence-corrected chi connectivity index (χ0v) is 12.8. The number of carbonyl (C=O) groups is 1. The minimum atomic E-state index is -0.501. The zero-order chi connectivity index (χ0) is 17.0. The van der Waals surface area contributed by atoms with Gasteiger partial charge >= 0.3 is 5.69 Å². The number of nitro groups is 1. The molecule has 0 aliphatic rings. The van der Waals surface area contributed by atoms with Crippen LogP contribution in [0.3, 0.4) is 0 Å². The van der Waals surface area contributed by atoms with Crippen LogP contribution in [0.5, 0.6) is 11.6 Å². The van der Waals surface area contributed by atoms with Gasteiger partial charge < -0.3 is 15.4 Å². The van der Waals surface area contributed by atoms with Crippen LogP contribution in [0.25, 0.3) is 0 Å². The Hall–Kier alpha value is -3.23. The van der Waals surface area contributed by atoms with E-state index in [1.807, 2.05) is 0 Å². The first-order valence-corrected chi connectivity index (χ1v) is 6.66. The molecule has 23 heavy (non-hydrogen) atoms. The van der Waals surface area contributed by atoms with E-state index in [-0.39, 0.29) is 23.3 Å². The zero-order valence-electron chi connectivity index (χ0n) is 12.8. The number of amides is 1. The Labute approximate surface area is 131 Å². The van der Waals surface area contributed by atoms with E-state index < -0.39 is 4.92 Å². The first-order chi connectivity index (χ1) is 10.9. The SMILES string of the molecule is CNc1nc(Oc2ccnc(NC(C)=O)c2)cc(C)c1[N+](=O)[O-]. The maximum Gasteiger partial charge on any atom is 0.314 e. The van der Waals surface area contributed by atoms with Crippen LogP contribution in [0, 0.1) is 17.0 Å². The Morgan fingerprint density at radius 1 is 1.39 bits per heavy atom. The molecular weight excluding hydrogens is 302 g/mol. The third-order valence-electron chi connectivity index (χ3n) is 2.84. The molecule has 0 bridgehead atoms. The molecule has 0 saturated carbocycles. The van der Waals surface area contributed by atoms with E-state index in [1.54, 1.807) is 20.0 Å². The highest BCUT2D eigenvalue weighted by Gasteiger charge is 2.20. The van der Waals surface area contributed by atoms with Crippen molar-refractivity contribution >= 4 is 23.2 Å². The van der Waals surface area contributed by atoms with Crippen molar-refractivity contribution in [2.45, 2.75) is 13.8 Å². The summed E-state index contributed by atoms with van der Waals surface area (Å²) in [7, 11) is 1.54. The fraction of sp³-hybridized carbons (Fsp3) is 0.214. The summed E-state index contributed by atoms with van der Waals surface area (Å²) in [6, 6.07) is 4.58. The van der Waals surface area contributed by atoms with E-state index in [0.29, 0.717) is 17.1 Å². The lowest BCUT2D eigenvalue weighted by Gasteiger charge is -2.10. The van der Waals surface area contributed by atoms with Crippen molar-refractivity contribution in [1.82, 2.24) is 9.97 Å². The van der Waals surface area contributed by atoms with Gasteiger partial charge in [0.25, 0.3) is 0 Å². The number of nitrogens with one attached hydrogen (secondary N) is 2.